The van der Waals surface area contributed by atoms with Crippen LogP contribution in [0.5, 0.6) is 5.88 Å². The second kappa shape index (κ2) is 4.59. The molecule has 0 bridgehead atoms. The van der Waals surface area contributed by atoms with Gasteiger partial charge >= 0.3 is 0 Å². The summed E-state index contributed by atoms with van der Waals surface area (Å²) in [7, 11) is 1.62. The van der Waals surface area contributed by atoms with Crippen LogP contribution in [0.2, 0.25) is 0 Å². The third-order valence-electron chi connectivity index (χ3n) is 2.67. The van der Waals surface area contributed by atoms with Crippen LogP contribution >= 0.6 is 0 Å². The summed E-state index contributed by atoms with van der Waals surface area (Å²) >= 11 is 0. The van der Waals surface area contributed by atoms with Gasteiger partial charge in [-0.3, -0.25) is 4.90 Å². The predicted octanol–water partition coefficient (Wildman–Crippen LogP) is 0.514. The lowest BCUT2D eigenvalue weighted by Crippen LogP contribution is -2.47. The fraction of sp³-hybridized carbons (Fsp3) is 0.545. The van der Waals surface area contributed by atoms with Crippen molar-refractivity contribution in [1.82, 2.24) is 9.88 Å². The number of ether oxygens (including phenoxy) is 1. The van der Waals surface area contributed by atoms with Crippen molar-refractivity contribution in [3.63, 3.8) is 0 Å². The molecule has 1 aliphatic heterocycles. The zero-order chi connectivity index (χ0) is 10.7. The number of methoxy groups -OCH3 is 1. The zero-order valence-electron chi connectivity index (χ0n) is 8.89. The van der Waals surface area contributed by atoms with Crippen molar-refractivity contribution >= 4 is 0 Å². The summed E-state index contributed by atoms with van der Waals surface area (Å²) in [6.45, 7) is 3.07. The number of aromatic nitrogens is 1. The molecule has 2 heterocycles. The Morgan fingerprint density at radius 1 is 1.53 bits per heavy atom. The Kier molecular flexibility index (Phi) is 3.18. The first-order valence-corrected chi connectivity index (χ1v) is 5.15. The smallest absolute Gasteiger partial charge is 0.213 e. The van der Waals surface area contributed by atoms with E-state index in [0.717, 1.165) is 25.3 Å². The van der Waals surface area contributed by atoms with Crippen LogP contribution in [0, 0.1) is 5.92 Å². The van der Waals surface area contributed by atoms with Crippen LogP contribution in [0.25, 0.3) is 0 Å². The van der Waals surface area contributed by atoms with Crippen molar-refractivity contribution in [3.8, 4) is 5.88 Å². The van der Waals surface area contributed by atoms with Gasteiger partial charge in [-0.05, 0) is 6.07 Å². The summed E-state index contributed by atoms with van der Waals surface area (Å²) in [5.74, 6) is 1.11. The topological polar surface area (TPSA) is 45.6 Å². The lowest BCUT2D eigenvalue weighted by atomic mass is 10.0. The minimum Gasteiger partial charge on any atom is -0.481 e. The summed E-state index contributed by atoms with van der Waals surface area (Å²) in [5, 5.41) is 8.89. The molecule has 82 valence electrons. The lowest BCUT2D eigenvalue weighted by Gasteiger charge is -2.37. The predicted molar refractivity (Wildman–Crippen MR) is 56.6 cm³/mol. The maximum absolute atomic E-state index is 8.89. The molecule has 0 spiro atoms. The van der Waals surface area contributed by atoms with E-state index in [1.54, 1.807) is 7.11 Å². The Hall–Kier alpha value is -1.13. The minimum absolute atomic E-state index is 0.294. The summed E-state index contributed by atoms with van der Waals surface area (Å²) in [6.07, 6.45) is 0. The van der Waals surface area contributed by atoms with Crippen molar-refractivity contribution < 1.29 is 9.84 Å². The van der Waals surface area contributed by atoms with E-state index in [2.05, 4.69) is 9.88 Å². The number of aliphatic hydroxyl groups is 1. The van der Waals surface area contributed by atoms with Crippen LogP contribution in [0.3, 0.4) is 0 Å². The fourth-order valence-corrected chi connectivity index (χ4v) is 1.81. The molecule has 1 aromatic rings. The van der Waals surface area contributed by atoms with Gasteiger partial charge in [0.2, 0.25) is 5.88 Å². The molecule has 1 N–H and O–H groups in total. The third kappa shape index (κ3) is 2.46. The second-order valence-corrected chi connectivity index (χ2v) is 3.91. The van der Waals surface area contributed by atoms with Crippen LogP contribution in [0.1, 0.15) is 5.69 Å². The highest BCUT2D eigenvalue weighted by molar-refractivity contribution is 5.15. The molecule has 0 amide bonds. The van der Waals surface area contributed by atoms with Gasteiger partial charge < -0.3 is 9.84 Å². The molecule has 0 saturated carbocycles. The number of rotatable bonds is 4. The van der Waals surface area contributed by atoms with Crippen LogP contribution in [0.4, 0.5) is 0 Å². The van der Waals surface area contributed by atoms with Crippen molar-refractivity contribution in [2.24, 2.45) is 5.92 Å². The summed E-state index contributed by atoms with van der Waals surface area (Å²) in [6, 6.07) is 5.79. The molecular formula is C11H16N2O2. The Bertz CT molecular complexity index is 324. The van der Waals surface area contributed by atoms with Gasteiger partial charge in [0.15, 0.2) is 0 Å². The van der Waals surface area contributed by atoms with E-state index in [1.807, 2.05) is 18.2 Å². The molecule has 0 aliphatic carbocycles. The molecule has 2 rings (SSSR count). The Labute approximate surface area is 89.5 Å². The first-order valence-electron chi connectivity index (χ1n) is 5.15. The van der Waals surface area contributed by atoms with E-state index in [9.17, 15) is 0 Å². The van der Waals surface area contributed by atoms with E-state index >= 15 is 0 Å². The number of aliphatic hydroxyl groups excluding tert-OH is 1. The molecule has 1 saturated heterocycles. The lowest BCUT2D eigenvalue weighted by molar-refractivity contribution is 0.0469. The molecule has 0 atom stereocenters. The van der Waals surface area contributed by atoms with Crippen molar-refractivity contribution in [1.29, 1.82) is 0 Å². The molecule has 1 fully saturated rings. The van der Waals surface area contributed by atoms with Gasteiger partial charge in [0, 0.05) is 38.2 Å². The monoisotopic (exact) mass is 208 g/mol. The normalized spacial score (nSPS) is 17.5. The Balaban J connectivity index is 1.88. The van der Waals surface area contributed by atoms with Crippen LogP contribution in [-0.2, 0) is 6.54 Å². The maximum Gasteiger partial charge on any atom is 0.213 e. The van der Waals surface area contributed by atoms with Gasteiger partial charge in [-0.15, -0.1) is 0 Å². The molecule has 15 heavy (non-hydrogen) atoms. The van der Waals surface area contributed by atoms with Crippen LogP contribution in [0.15, 0.2) is 18.2 Å². The van der Waals surface area contributed by atoms with Gasteiger partial charge in [0.1, 0.15) is 0 Å². The van der Waals surface area contributed by atoms with E-state index in [1.165, 1.54) is 0 Å². The van der Waals surface area contributed by atoms with Crippen molar-refractivity contribution in [2.75, 3.05) is 26.8 Å². The van der Waals surface area contributed by atoms with Crippen LogP contribution in [-0.4, -0.2) is 41.8 Å². The van der Waals surface area contributed by atoms with Crippen molar-refractivity contribution in [3.05, 3.63) is 23.9 Å². The molecule has 0 unspecified atom stereocenters. The maximum atomic E-state index is 8.89. The number of likely N-dealkylation sites (tertiary alicyclic amines) is 1. The zero-order valence-corrected chi connectivity index (χ0v) is 8.89. The third-order valence-corrected chi connectivity index (χ3v) is 2.67. The van der Waals surface area contributed by atoms with Gasteiger partial charge in [0.25, 0.3) is 0 Å². The minimum atomic E-state index is 0.294. The van der Waals surface area contributed by atoms with Gasteiger partial charge in [0.05, 0.1) is 12.8 Å². The van der Waals surface area contributed by atoms with Crippen LogP contribution < -0.4 is 4.74 Å². The van der Waals surface area contributed by atoms with Gasteiger partial charge in [-0.1, -0.05) is 6.07 Å². The highest BCUT2D eigenvalue weighted by Crippen LogP contribution is 2.18. The molecule has 1 aliphatic rings. The largest absolute Gasteiger partial charge is 0.481 e. The molecule has 0 radical (unpaired) electrons. The second-order valence-electron chi connectivity index (χ2n) is 3.91. The molecule has 4 heteroatoms. The quantitative estimate of drug-likeness (QED) is 0.783. The average molecular weight is 208 g/mol. The molecule has 4 nitrogen and oxygen atoms in total. The number of pyridine rings is 1. The van der Waals surface area contributed by atoms with E-state index < -0.39 is 0 Å². The summed E-state index contributed by atoms with van der Waals surface area (Å²) in [5.41, 5.74) is 1.02. The first-order chi connectivity index (χ1) is 7.31. The summed E-state index contributed by atoms with van der Waals surface area (Å²) < 4.78 is 5.06. The van der Waals surface area contributed by atoms with E-state index in [-0.39, 0.29) is 0 Å². The standard InChI is InChI=1S/C11H16N2O2/c1-15-11-4-2-3-10(12-11)7-13-5-9(6-13)8-14/h2-4,9,14H,5-8H2,1H3. The van der Waals surface area contributed by atoms with E-state index in [0.29, 0.717) is 18.4 Å². The highest BCUT2D eigenvalue weighted by atomic mass is 16.5. The summed E-state index contributed by atoms with van der Waals surface area (Å²) in [4.78, 5) is 6.60. The molecule has 0 aromatic carbocycles. The SMILES string of the molecule is COc1cccc(CN2CC(CO)C2)n1. The Morgan fingerprint density at radius 2 is 2.33 bits per heavy atom. The highest BCUT2D eigenvalue weighted by Gasteiger charge is 2.25. The average Bonchev–Trinajstić information content (AvgIpc) is 2.23. The number of hydrogen-bond acceptors (Lipinski definition) is 4. The molecule has 1 aromatic heterocycles. The Morgan fingerprint density at radius 3 is 3.00 bits per heavy atom. The van der Waals surface area contributed by atoms with E-state index in [4.69, 9.17) is 9.84 Å². The first kappa shape index (κ1) is 10.4. The van der Waals surface area contributed by atoms with Gasteiger partial charge in [-0.25, -0.2) is 4.98 Å². The fourth-order valence-electron chi connectivity index (χ4n) is 1.81. The molecular weight excluding hydrogens is 192 g/mol. The number of hydrogen-bond donors (Lipinski definition) is 1. The van der Waals surface area contributed by atoms with Gasteiger partial charge in [-0.2, -0.15) is 0 Å². The number of nitrogens with zero attached hydrogens (tertiary/aromatic N) is 2. The van der Waals surface area contributed by atoms with Crippen molar-refractivity contribution in [2.45, 2.75) is 6.54 Å².